The van der Waals surface area contributed by atoms with Crippen LogP contribution in [0.3, 0.4) is 0 Å². The number of fused-ring (bicyclic) bond motifs is 3. The molecule has 2 heterocycles. The molecule has 2 aliphatic heterocycles. The molecule has 4 rings (SSSR count). The van der Waals surface area contributed by atoms with Gasteiger partial charge in [-0.1, -0.05) is 30.3 Å². The Morgan fingerprint density at radius 3 is 2.77 bits per heavy atom. The zero-order chi connectivity index (χ0) is 18.3. The Labute approximate surface area is 152 Å². The number of likely N-dealkylation sites (N-methyl/N-ethyl adjacent to an activating group) is 1. The first-order chi connectivity index (χ1) is 12.7. The van der Waals surface area contributed by atoms with Crippen LogP contribution in [0.5, 0.6) is 5.75 Å². The molecule has 0 bridgehead atoms. The fourth-order valence-electron chi connectivity index (χ4n) is 3.91. The van der Waals surface area contributed by atoms with E-state index in [2.05, 4.69) is 22.3 Å². The summed E-state index contributed by atoms with van der Waals surface area (Å²) in [5, 5.41) is 15.5. The van der Waals surface area contributed by atoms with Gasteiger partial charge in [0.25, 0.3) is 5.91 Å². The van der Waals surface area contributed by atoms with Crippen LogP contribution in [0.15, 0.2) is 35.5 Å². The monoisotopic (exact) mass is 351 g/mol. The van der Waals surface area contributed by atoms with Gasteiger partial charge in [0.05, 0.1) is 12.8 Å². The van der Waals surface area contributed by atoms with Crippen LogP contribution in [-0.4, -0.2) is 41.9 Å². The maximum absolute atomic E-state index is 12.2. The third-order valence-electron chi connectivity index (χ3n) is 5.26. The van der Waals surface area contributed by atoms with Gasteiger partial charge in [-0.25, -0.2) is 0 Å². The SMILES string of the molecule is CCN1CCc2c(-c3ccccc3OC)cc3c(c2C1)NC(=O)/C3=N\O. The molecule has 0 saturated heterocycles. The van der Waals surface area contributed by atoms with Crippen molar-refractivity contribution in [1.29, 1.82) is 0 Å². The van der Waals surface area contributed by atoms with Gasteiger partial charge in [-0.3, -0.25) is 9.69 Å². The van der Waals surface area contributed by atoms with Gasteiger partial charge in [-0.15, -0.1) is 0 Å². The van der Waals surface area contributed by atoms with Crippen molar-refractivity contribution in [2.24, 2.45) is 5.16 Å². The number of para-hydroxylation sites is 1. The van der Waals surface area contributed by atoms with Crippen LogP contribution in [0.1, 0.15) is 23.6 Å². The lowest BCUT2D eigenvalue weighted by Gasteiger charge is -2.31. The second-order valence-electron chi connectivity index (χ2n) is 6.53. The molecule has 2 aliphatic rings. The Kier molecular flexibility index (Phi) is 4.12. The molecule has 26 heavy (non-hydrogen) atoms. The summed E-state index contributed by atoms with van der Waals surface area (Å²) >= 11 is 0. The van der Waals surface area contributed by atoms with Crippen LogP contribution in [-0.2, 0) is 17.8 Å². The highest BCUT2D eigenvalue weighted by molar-refractivity contribution is 6.54. The highest BCUT2D eigenvalue weighted by Crippen LogP contribution is 2.42. The summed E-state index contributed by atoms with van der Waals surface area (Å²) in [4.78, 5) is 14.6. The number of anilines is 1. The Bertz CT molecular complexity index is 921. The largest absolute Gasteiger partial charge is 0.496 e. The van der Waals surface area contributed by atoms with E-state index in [1.165, 1.54) is 5.56 Å². The molecule has 0 unspecified atom stereocenters. The minimum Gasteiger partial charge on any atom is -0.496 e. The van der Waals surface area contributed by atoms with Crippen molar-refractivity contribution in [3.63, 3.8) is 0 Å². The molecule has 0 radical (unpaired) electrons. The van der Waals surface area contributed by atoms with Crippen LogP contribution in [0.4, 0.5) is 5.69 Å². The minimum absolute atomic E-state index is 0.0626. The number of hydrogen-bond acceptors (Lipinski definition) is 5. The Balaban J connectivity index is 1.99. The van der Waals surface area contributed by atoms with E-state index in [1.807, 2.05) is 30.3 Å². The Hall–Kier alpha value is -2.86. The van der Waals surface area contributed by atoms with Crippen LogP contribution in [0, 0.1) is 0 Å². The molecule has 0 aromatic heterocycles. The van der Waals surface area contributed by atoms with E-state index >= 15 is 0 Å². The highest BCUT2D eigenvalue weighted by Gasteiger charge is 2.34. The summed E-state index contributed by atoms with van der Waals surface area (Å²) in [6.45, 7) is 4.81. The number of amides is 1. The van der Waals surface area contributed by atoms with E-state index in [0.717, 1.165) is 54.2 Å². The third-order valence-corrected chi connectivity index (χ3v) is 5.26. The fourth-order valence-corrected chi connectivity index (χ4v) is 3.91. The fraction of sp³-hybridized carbons (Fsp3) is 0.300. The van der Waals surface area contributed by atoms with Gasteiger partial charge in [0.1, 0.15) is 5.75 Å². The second kappa shape index (κ2) is 6.46. The number of nitrogens with zero attached hydrogens (tertiary/aromatic N) is 2. The number of rotatable bonds is 3. The van der Waals surface area contributed by atoms with E-state index in [1.54, 1.807) is 7.11 Å². The van der Waals surface area contributed by atoms with Gasteiger partial charge in [-0.2, -0.15) is 0 Å². The van der Waals surface area contributed by atoms with Gasteiger partial charge in [0.15, 0.2) is 5.71 Å². The van der Waals surface area contributed by atoms with Crippen molar-refractivity contribution in [2.75, 3.05) is 25.5 Å². The first-order valence-electron chi connectivity index (χ1n) is 8.76. The van der Waals surface area contributed by atoms with E-state index in [4.69, 9.17) is 4.74 Å². The molecule has 0 fully saturated rings. The standard InChI is InChI=1S/C20H21N3O3/c1-3-23-9-8-12-14(13-6-4-5-7-17(13)26-2)10-15-18(16(12)11-23)21-20(24)19(15)22-25/h4-7,10,25H,3,8-9,11H2,1-2H3,(H,21,22,24). The Morgan fingerprint density at radius 1 is 1.23 bits per heavy atom. The predicted molar refractivity (Wildman–Crippen MR) is 100 cm³/mol. The number of nitrogens with one attached hydrogen (secondary N) is 1. The van der Waals surface area contributed by atoms with Crippen molar-refractivity contribution in [3.05, 3.63) is 47.0 Å². The summed E-state index contributed by atoms with van der Waals surface area (Å²) in [5.74, 6) is 0.419. The molecule has 0 spiro atoms. The van der Waals surface area contributed by atoms with Crippen molar-refractivity contribution < 1.29 is 14.7 Å². The van der Waals surface area contributed by atoms with Crippen molar-refractivity contribution >= 4 is 17.3 Å². The van der Waals surface area contributed by atoms with Gasteiger partial charge >= 0.3 is 0 Å². The van der Waals surface area contributed by atoms with Gasteiger partial charge in [0, 0.05) is 24.2 Å². The van der Waals surface area contributed by atoms with Crippen LogP contribution < -0.4 is 10.1 Å². The molecular weight excluding hydrogens is 330 g/mol. The topological polar surface area (TPSA) is 74.2 Å². The van der Waals surface area contributed by atoms with Gasteiger partial charge in [0.2, 0.25) is 0 Å². The lowest BCUT2D eigenvalue weighted by molar-refractivity contribution is -0.110. The number of oxime groups is 1. The molecule has 1 amide bonds. The number of carbonyl (C=O) groups excluding carboxylic acids is 1. The Morgan fingerprint density at radius 2 is 2.04 bits per heavy atom. The molecule has 6 heteroatoms. The lowest BCUT2D eigenvalue weighted by atomic mass is 9.86. The van der Waals surface area contributed by atoms with Crippen molar-refractivity contribution in [2.45, 2.75) is 19.9 Å². The van der Waals surface area contributed by atoms with E-state index in [9.17, 15) is 10.0 Å². The van der Waals surface area contributed by atoms with E-state index in [-0.39, 0.29) is 11.6 Å². The summed E-state index contributed by atoms with van der Waals surface area (Å²) in [6.07, 6.45) is 0.894. The van der Waals surface area contributed by atoms with E-state index in [0.29, 0.717) is 5.56 Å². The number of hydrogen-bond donors (Lipinski definition) is 2. The summed E-state index contributed by atoms with van der Waals surface area (Å²) in [6, 6.07) is 9.81. The predicted octanol–water partition coefficient (Wildman–Crippen LogP) is 2.87. The normalized spacial score (nSPS) is 17.8. The van der Waals surface area contributed by atoms with Crippen LogP contribution in [0.25, 0.3) is 11.1 Å². The number of carbonyl (C=O) groups is 1. The molecule has 134 valence electrons. The van der Waals surface area contributed by atoms with Crippen molar-refractivity contribution in [1.82, 2.24) is 4.90 Å². The molecular formula is C20H21N3O3. The number of benzene rings is 2. The summed E-state index contributed by atoms with van der Waals surface area (Å²) in [5.41, 5.74) is 5.82. The van der Waals surface area contributed by atoms with Crippen LogP contribution in [0.2, 0.25) is 0 Å². The highest BCUT2D eigenvalue weighted by atomic mass is 16.5. The molecule has 6 nitrogen and oxygen atoms in total. The first kappa shape index (κ1) is 16.6. The molecule has 2 aromatic rings. The zero-order valence-corrected chi connectivity index (χ0v) is 14.9. The molecule has 2 aromatic carbocycles. The first-order valence-corrected chi connectivity index (χ1v) is 8.76. The molecule has 2 N–H and O–H groups in total. The zero-order valence-electron chi connectivity index (χ0n) is 14.9. The molecule has 0 aliphatic carbocycles. The average molecular weight is 351 g/mol. The summed E-state index contributed by atoms with van der Waals surface area (Å²) < 4.78 is 5.55. The minimum atomic E-state index is -0.365. The van der Waals surface area contributed by atoms with Crippen molar-refractivity contribution in [3.8, 4) is 16.9 Å². The van der Waals surface area contributed by atoms with Gasteiger partial charge < -0.3 is 15.3 Å². The van der Waals surface area contributed by atoms with Gasteiger partial charge in [-0.05, 0) is 41.8 Å². The average Bonchev–Trinajstić information content (AvgIpc) is 3.02. The summed E-state index contributed by atoms with van der Waals surface area (Å²) in [7, 11) is 1.66. The maximum atomic E-state index is 12.2. The quantitative estimate of drug-likeness (QED) is 0.659. The maximum Gasteiger partial charge on any atom is 0.278 e. The number of methoxy groups -OCH3 is 1. The second-order valence-corrected chi connectivity index (χ2v) is 6.53. The smallest absolute Gasteiger partial charge is 0.278 e. The van der Waals surface area contributed by atoms with Crippen LogP contribution >= 0.6 is 0 Å². The lowest BCUT2D eigenvalue weighted by Crippen LogP contribution is -2.31. The molecule has 0 atom stereocenters. The molecule has 0 saturated carbocycles. The number of ether oxygens (including phenoxy) is 1. The van der Waals surface area contributed by atoms with E-state index < -0.39 is 0 Å². The third kappa shape index (κ3) is 2.45.